The molecule has 4 nitrogen and oxygen atoms in total. The zero-order valence-corrected chi connectivity index (χ0v) is 15.4. The van der Waals surface area contributed by atoms with Crippen molar-refractivity contribution in [3.05, 3.63) is 29.3 Å². The Bertz CT molecular complexity index is 601. The summed E-state index contributed by atoms with van der Waals surface area (Å²) in [5, 5.41) is 3.07. The Morgan fingerprint density at radius 3 is 2.57 bits per heavy atom. The quantitative estimate of drug-likeness (QED) is 0.915. The van der Waals surface area contributed by atoms with E-state index >= 15 is 0 Å². The Hall–Kier alpha value is -1.49. The van der Waals surface area contributed by atoms with Gasteiger partial charge in [0.1, 0.15) is 6.04 Å². The van der Waals surface area contributed by atoms with Gasteiger partial charge < -0.3 is 10.2 Å². The summed E-state index contributed by atoms with van der Waals surface area (Å²) in [6, 6.07) is 5.50. The Balaban J connectivity index is 2.16. The Labute approximate surface area is 143 Å². The number of hydrogen-bond acceptors (Lipinski definition) is 3. The number of rotatable bonds is 4. The first-order valence-electron chi connectivity index (χ1n) is 8.17. The van der Waals surface area contributed by atoms with E-state index in [1.807, 2.05) is 45.9 Å². The smallest absolute Gasteiger partial charge is 0.248 e. The van der Waals surface area contributed by atoms with Crippen LogP contribution >= 0.6 is 11.8 Å². The molecule has 0 spiro atoms. The molecule has 23 heavy (non-hydrogen) atoms. The molecule has 1 aliphatic rings. The van der Waals surface area contributed by atoms with Crippen LogP contribution in [0.3, 0.4) is 0 Å². The first kappa shape index (κ1) is 17.9. The fourth-order valence-corrected chi connectivity index (χ4v) is 4.08. The number of benzene rings is 1. The number of carbonyl (C=O) groups is 2. The maximum atomic E-state index is 12.7. The predicted molar refractivity (Wildman–Crippen MR) is 96.6 cm³/mol. The standard InChI is InChI=1S/C18H26N2O2S/c1-6-16-20(18(22)11(2)3)15(10-23-16)17(21)19-14-8-7-12(4)13(5)9-14/h7-9,11,15-16H,6,10H2,1-5H3,(H,19,21). The summed E-state index contributed by atoms with van der Waals surface area (Å²) in [5.74, 6) is 0.528. The summed E-state index contributed by atoms with van der Waals surface area (Å²) >= 11 is 1.69. The molecule has 0 bridgehead atoms. The van der Waals surface area contributed by atoms with Crippen LogP contribution in [0.2, 0.25) is 0 Å². The minimum Gasteiger partial charge on any atom is -0.324 e. The van der Waals surface area contributed by atoms with Gasteiger partial charge in [-0.1, -0.05) is 26.8 Å². The lowest BCUT2D eigenvalue weighted by Crippen LogP contribution is -2.49. The SMILES string of the molecule is CCC1SCC(C(=O)Nc2ccc(C)c(C)c2)N1C(=O)C(C)C. The van der Waals surface area contributed by atoms with E-state index in [2.05, 4.69) is 12.2 Å². The van der Waals surface area contributed by atoms with Crippen molar-refractivity contribution in [1.29, 1.82) is 0 Å². The summed E-state index contributed by atoms with van der Waals surface area (Å²) in [5.41, 5.74) is 3.13. The highest BCUT2D eigenvalue weighted by Gasteiger charge is 2.41. The first-order valence-corrected chi connectivity index (χ1v) is 9.22. The zero-order chi connectivity index (χ0) is 17.1. The molecule has 2 rings (SSSR count). The molecule has 1 fully saturated rings. The lowest BCUT2D eigenvalue weighted by atomic mass is 10.1. The molecule has 126 valence electrons. The van der Waals surface area contributed by atoms with Gasteiger partial charge >= 0.3 is 0 Å². The van der Waals surface area contributed by atoms with Crippen molar-refractivity contribution in [2.45, 2.75) is 52.5 Å². The number of hydrogen-bond donors (Lipinski definition) is 1. The van der Waals surface area contributed by atoms with E-state index in [9.17, 15) is 9.59 Å². The van der Waals surface area contributed by atoms with Gasteiger partial charge in [-0.15, -0.1) is 11.8 Å². The molecule has 0 radical (unpaired) electrons. The van der Waals surface area contributed by atoms with Crippen LogP contribution in [0.4, 0.5) is 5.69 Å². The van der Waals surface area contributed by atoms with Gasteiger partial charge in [0.15, 0.2) is 0 Å². The van der Waals surface area contributed by atoms with E-state index in [0.29, 0.717) is 5.75 Å². The van der Waals surface area contributed by atoms with Crippen molar-refractivity contribution in [3.63, 3.8) is 0 Å². The summed E-state index contributed by atoms with van der Waals surface area (Å²) in [7, 11) is 0. The molecule has 2 atom stereocenters. The zero-order valence-electron chi connectivity index (χ0n) is 14.6. The van der Waals surface area contributed by atoms with Crippen LogP contribution in [0, 0.1) is 19.8 Å². The summed E-state index contributed by atoms with van der Waals surface area (Å²) in [6.45, 7) is 9.90. The molecule has 1 saturated heterocycles. The van der Waals surface area contributed by atoms with Crippen LogP contribution in [-0.4, -0.2) is 33.9 Å². The van der Waals surface area contributed by atoms with E-state index in [4.69, 9.17) is 0 Å². The number of nitrogens with one attached hydrogen (secondary N) is 1. The summed E-state index contributed by atoms with van der Waals surface area (Å²) in [4.78, 5) is 27.0. The topological polar surface area (TPSA) is 49.4 Å². The maximum absolute atomic E-state index is 12.7. The van der Waals surface area contributed by atoms with Crippen molar-refractivity contribution < 1.29 is 9.59 Å². The number of nitrogens with zero attached hydrogens (tertiary/aromatic N) is 1. The van der Waals surface area contributed by atoms with E-state index < -0.39 is 0 Å². The Kier molecular flexibility index (Phi) is 5.74. The van der Waals surface area contributed by atoms with E-state index in [1.165, 1.54) is 5.56 Å². The van der Waals surface area contributed by atoms with Crippen LogP contribution in [0.1, 0.15) is 38.3 Å². The second kappa shape index (κ2) is 7.39. The fourth-order valence-electron chi connectivity index (χ4n) is 2.72. The normalized spacial score (nSPS) is 20.9. The maximum Gasteiger partial charge on any atom is 0.248 e. The third-order valence-corrected chi connectivity index (χ3v) is 5.72. The Morgan fingerprint density at radius 2 is 2.00 bits per heavy atom. The lowest BCUT2D eigenvalue weighted by molar-refractivity contribution is -0.140. The number of anilines is 1. The van der Waals surface area contributed by atoms with Crippen LogP contribution in [0.5, 0.6) is 0 Å². The van der Waals surface area contributed by atoms with Gasteiger partial charge in [0.05, 0.1) is 5.37 Å². The largest absolute Gasteiger partial charge is 0.324 e. The molecular formula is C18H26N2O2S. The third-order valence-electron chi connectivity index (χ3n) is 4.27. The van der Waals surface area contributed by atoms with Crippen molar-refractivity contribution in [2.24, 2.45) is 5.92 Å². The molecule has 1 heterocycles. The van der Waals surface area contributed by atoms with Gasteiger partial charge in [-0.25, -0.2) is 0 Å². The average Bonchev–Trinajstić information content (AvgIpc) is 2.93. The van der Waals surface area contributed by atoms with Crippen molar-refractivity contribution >= 4 is 29.3 Å². The highest BCUT2D eigenvalue weighted by molar-refractivity contribution is 8.00. The lowest BCUT2D eigenvalue weighted by Gasteiger charge is -2.29. The highest BCUT2D eigenvalue weighted by Crippen LogP contribution is 2.33. The van der Waals surface area contributed by atoms with Gasteiger partial charge in [0, 0.05) is 17.4 Å². The number of thioether (sulfide) groups is 1. The van der Waals surface area contributed by atoms with Gasteiger partial charge in [-0.05, 0) is 43.5 Å². The minimum atomic E-state index is -0.388. The first-order chi connectivity index (χ1) is 10.8. The number of carbonyl (C=O) groups excluding carboxylic acids is 2. The second-order valence-electron chi connectivity index (χ2n) is 6.40. The number of amides is 2. The molecule has 1 aliphatic heterocycles. The van der Waals surface area contributed by atoms with Gasteiger partial charge in [-0.2, -0.15) is 0 Å². The molecule has 1 N–H and O–H groups in total. The third kappa shape index (κ3) is 3.89. The van der Waals surface area contributed by atoms with Gasteiger partial charge in [0.25, 0.3) is 0 Å². The highest BCUT2D eigenvalue weighted by atomic mass is 32.2. The molecule has 1 aromatic rings. The minimum absolute atomic E-state index is 0.0575. The van der Waals surface area contributed by atoms with Crippen molar-refractivity contribution in [2.75, 3.05) is 11.1 Å². The Morgan fingerprint density at radius 1 is 1.30 bits per heavy atom. The molecular weight excluding hydrogens is 308 g/mol. The molecule has 2 amide bonds. The summed E-state index contributed by atoms with van der Waals surface area (Å²) < 4.78 is 0. The van der Waals surface area contributed by atoms with Crippen molar-refractivity contribution in [3.8, 4) is 0 Å². The van der Waals surface area contributed by atoms with Crippen LogP contribution in [-0.2, 0) is 9.59 Å². The molecule has 5 heteroatoms. The van der Waals surface area contributed by atoms with Crippen LogP contribution < -0.4 is 5.32 Å². The summed E-state index contributed by atoms with van der Waals surface area (Å²) in [6.07, 6.45) is 0.858. The molecule has 0 aromatic heterocycles. The van der Waals surface area contributed by atoms with E-state index in [1.54, 1.807) is 16.7 Å². The van der Waals surface area contributed by atoms with Gasteiger partial charge in [-0.3, -0.25) is 9.59 Å². The van der Waals surface area contributed by atoms with Crippen molar-refractivity contribution in [1.82, 2.24) is 4.90 Å². The van der Waals surface area contributed by atoms with E-state index in [0.717, 1.165) is 17.7 Å². The second-order valence-corrected chi connectivity index (χ2v) is 7.61. The van der Waals surface area contributed by atoms with Crippen LogP contribution in [0.25, 0.3) is 0 Å². The molecule has 0 aliphatic carbocycles. The fraction of sp³-hybridized carbons (Fsp3) is 0.556. The van der Waals surface area contributed by atoms with Crippen LogP contribution in [0.15, 0.2) is 18.2 Å². The van der Waals surface area contributed by atoms with E-state index in [-0.39, 0.29) is 29.1 Å². The predicted octanol–water partition coefficient (Wildman–Crippen LogP) is 3.58. The number of aryl methyl sites for hydroxylation is 2. The van der Waals surface area contributed by atoms with Gasteiger partial charge in [0.2, 0.25) is 11.8 Å². The molecule has 2 unspecified atom stereocenters. The molecule has 1 aromatic carbocycles. The average molecular weight is 334 g/mol. The monoisotopic (exact) mass is 334 g/mol. The molecule has 0 saturated carbocycles.